The van der Waals surface area contributed by atoms with E-state index < -0.39 is 11.8 Å². The number of carbonyl (C=O) groups excluding carboxylic acids is 2. The molecule has 0 aromatic heterocycles. The molecule has 1 aromatic rings. The Hall–Kier alpha value is -2.92. The van der Waals surface area contributed by atoms with E-state index in [2.05, 4.69) is 10.6 Å². The summed E-state index contributed by atoms with van der Waals surface area (Å²) in [4.78, 5) is 23.6. The lowest BCUT2D eigenvalue weighted by atomic mass is 10.1. The Morgan fingerprint density at radius 1 is 1.22 bits per heavy atom. The smallest absolute Gasteiger partial charge is 0.263 e. The molecule has 0 atom stereocenters. The van der Waals surface area contributed by atoms with Crippen molar-refractivity contribution in [2.24, 2.45) is 0 Å². The number of hydrogen-bond donors (Lipinski definition) is 2. The van der Waals surface area contributed by atoms with Crippen molar-refractivity contribution in [3.8, 4) is 17.6 Å². The molecule has 1 saturated heterocycles. The van der Waals surface area contributed by atoms with E-state index in [-0.39, 0.29) is 17.3 Å². The van der Waals surface area contributed by atoms with Crippen LogP contribution in [0.5, 0.6) is 11.5 Å². The molecular weight excluding hydrogens is 318 g/mol. The van der Waals surface area contributed by atoms with Crippen molar-refractivity contribution >= 4 is 35.2 Å². The molecule has 0 spiro atoms. The molecule has 1 aliphatic heterocycles. The zero-order valence-corrected chi connectivity index (χ0v) is 13.0. The van der Waals surface area contributed by atoms with E-state index >= 15 is 0 Å². The molecule has 1 fully saturated rings. The molecule has 1 aliphatic rings. The van der Waals surface area contributed by atoms with Gasteiger partial charge < -0.3 is 9.47 Å². The molecule has 23 heavy (non-hydrogen) atoms. The van der Waals surface area contributed by atoms with Crippen LogP contribution in [0.4, 0.5) is 0 Å². The fraction of sp³-hybridized carbons (Fsp3) is 0.200. The van der Waals surface area contributed by atoms with E-state index in [0.717, 1.165) is 0 Å². The van der Waals surface area contributed by atoms with E-state index in [0.29, 0.717) is 23.7 Å². The highest BCUT2D eigenvalue weighted by molar-refractivity contribution is 7.80. The molecule has 8 heteroatoms. The van der Waals surface area contributed by atoms with Gasteiger partial charge in [0.15, 0.2) is 23.2 Å². The second-order valence-corrected chi connectivity index (χ2v) is 4.79. The zero-order valence-electron chi connectivity index (χ0n) is 12.2. The van der Waals surface area contributed by atoms with Gasteiger partial charge in [-0.1, -0.05) is 6.07 Å². The van der Waals surface area contributed by atoms with Gasteiger partial charge in [-0.3, -0.25) is 20.2 Å². The van der Waals surface area contributed by atoms with Gasteiger partial charge in [-0.25, -0.2) is 0 Å². The maximum Gasteiger partial charge on any atom is 0.263 e. The Morgan fingerprint density at radius 2 is 1.91 bits per heavy atom. The minimum absolute atomic E-state index is 0.0209. The van der Waals surface area contributed by atoms with E-state index in [4.69, 9.17) is 27.0 Å². The number of benzene rings is 1. The van der Waals surface area contributed by atoms with E-state index in [1.807, 2.05) is 13.0 Å². The highest BCUT2D eigenvalue weighted by Crippen LogP contribution is 2.29. The minimum Gasteiger partial charge on any atom is -0.490 e. The number of nitriles is 1. The topological polar surface area (TPSA) is 100 Å². The largest absolute Gasteiger partial charge is 0.490 e. The number of hydrogen-bond acceptors (Lipinski definition) is 6. The second kappa shape index (κ2) is 7.38. The first kappa shape index (κ1) is 16.5. The van der Waals surface area contributed by atoms with Crippen molar-refractivity contribution in [3.05, 3.63) is 29.3 Å². The summed E-state index contributed by atoms with van der Waals surface area (Å²) < 4.78 is 10.7. The third-order valence-electron chi connectivity index (χ3n) is 2.81. The maximum atomic E-state index is 11.8. The first-order valence-electron chi connectivity index (χ1n) is 6.70. The maximum absolute atomic E-state index is 11.8. The summed E-state index contributed by atoms with van der Waals surface area (Å²) >= 11 is 4.74. The van der Waals surface area contributed by atoms with Crippen LogP contribution in [0.25, 0.3) is 6.08 Å². The van der Waals surface area contributed by atoms with Crippen molar-refractivity contribution in [1.82, 2.24) is 10.6 Å². The van der Waals surface area contributed by atoms with E-state index in [9.17, 15) is 9.59 Å². The van der Waals surface area contributed by atoms with Gasteiger partial charge in [-0.2, -0.15) is 5.26 Å². The fourth-order valence-electron chi connectivity index (χ4n) is 1.89. The molecule has 0 unspecified atom stereocenters. The fourth-order valence-corrected chi connectivity index (χ4v) is 2.07. The molecule has 118 valence electrons. The average Bonchev–Trinajstić information content (AvgIpc) is 2.50. The Bertz CT molecular complexity index is 715. The van der Waals surface area contributed by atoms with Crippen LogP contribution in [-0.4, -0.2) is 30.1 Å². The van der Waals surface area contributed by atoms with E-state index in [1.165, 1.54) is 6.08 Å². The number of amides is 2. The predicted octanol–water partition coefficient (Wildman–Crippen LogP) is 0.902. The quantitative estimate of drug-likeness (QED) is 0.472. The van der Waals surface area contributed by atoms with E-state index in [1.54, 1.807) is 18.2 Å². The first-order valence-corrected chi connectivity index (χ1v) is 7.11. The summed E-state index contributed by atoms with van der Waals surface area (Å²) in [5, 5.41) is 13.3. The lowest BCUT2D eigenvalue weighted by Gasteiger charge is -2.16. The third kappa shape index (κ3) is 4.05. The second-order valence-electron chi connectivity index (χ2n) is 4.38. The van der Waals surface area contributed by atoms with Crippen LogP contribution in [-0.2, 0) is 9.59 Å². The molecule has 2 N–H and O–H groups in total. The number of nitrogens with zero attached hydrogens (tertiary/aromatic N) is 1. The Morgan fingerprint density at radius 3 is 2.52 bits per heavy atom. The number of nitrogens with one attached hydrogen (secondary N) is 2. The predicted molar refractivity (Wildman–Crippen MR) is 85.6 cm³/mol. The van der Waals surface area contributed by atoms with Crippen molar-refractivity contribution < 1.29 is 19.1 Å². The normalized spacial score (nSPS) is 13.7. The zero-order chi connectivity index (χ0) is 16.8. The van der Waals surface area contributed by atoms with Crippen LogP contribution >= 0.6 is 12.2 Å². The Kier molecular flexibility index (Phi) is 5.28. The monoisotopic (exact) mass is 331 g/mol. The standard InChI is InChI=1S/C15H13N3O4S/c1-2-21-12-8-9(3-4-11(12)22-6-5-16)7-10-13(19)17-15(23)18-14(10)20/h3-4,7-8H,2,6H2,1H3,(H2,17,18,19,20,23). The van der Waals surface area contributed by atoms with Gasteiger partial charge in [0, 0.05) is 0 Å². The molecular formula is C15H13N3O4S. The molecule has 1 heterocycles. The summed E-state index contributed by atoms with van der Waals surface area (Å²) in [5.41, 5.74) is 0.512. The molecule has 1 aromatic carbocycles. The van der Waals surface area contributed by atoms with Crippen molar-refractivity contribution in [2.45, 2.75) is 6.92 Å². The number of thiocarbonyl (C=S) groups is 1. The van der Waals surface area contributed by atoms with Gasteiger partial charge in [-0.05, 0) is 42.9 Å². The van der Waals surface area contributed by atoms with Gasteiger partial charge in [-0.15, -0.1) is 0 Å². The van der Waals surface area contributed by atoms with Crippen LogP contribution in [0.15, 0.2) is 23.8 Å². The molecule has 0 aliphatic carbocycles. The summed E-state index contributed by atoms with van der Waals surface area (Å²) in [6.45, 7) is 2.10. The lowest BCUT2D eigenvalue weighted by Crippen LogP contribution is -2.51. The van der Waals surface area contributed by atoms with Crippen molar-refractivity contribution in [1.29, 1.82) is 5.26 Å². The van der Waals surface area contributed by atoms with Crippen LogP contribution in [0.2, 0.25) is 0 Å². The minimum atomic E-state index is -0.568. The highest BCUT2D eigenvalue weighted by Gasteiger charge is 2.25. The number of ether oxygens (including phenoxy) is 2. The van der Waals surface area contributed by atoms with Crippen LogP contribution in [0.3, 0.4) is 0 Å². The lowest BCUT2D eigenvalue weighted by molar-refractivity contribution is -0.123. The van der Waals surface area contributed by atoms with Gasteiger partial charge in [0.05, 0.1) is 6.61 Å². The Labute approximate surface area is 137 Å². The number of rotatable bonds is 5. The summed E-state index contributed by atoms with van der Waals surface area (Å²) in [5.74, 6) is -0.304. The molecule has 7 nitrogen and oxygen atoms in total. The molecule has 0 saturated carbocycles. The summed E-state index contributed by atoms with van der Waals surface area (Å²) in [6, 6.07) is 6.75. The van der Waals surface area contributed by atoms with Gasteiger partial charge >= 0.3 is 0 Å². The van der Waals surface area contributed by atoms with Crippen molar-refractivity contribution in [3.63, 3.8) is 0 Å². The van der Waals surface area contributed by atoms with Crippen LogP contribution in [0.1, 0.15) is 12.5 Å². The molecule has 2 amide bonds. The average molecular weight is 331 g/mol. The molecule has 0 bridgehead atoms. The summed E-state index contributed by atoms with van der Waals surface area (Å²) in [6.07, 6.45) is 1.42. The number of carbonyl (C=O) groups is 2. The van der Waals surface area contributed by atoms with Crippen LogP contribution < -0.4 is 20.1 Å². The summed E-state index contributed by atoms with van der Waals surface area (Å²) in [7, 11) is 0. The third-order valence-corrected chi connectivity index (χ3v) is 3.02. The van der Waals surface area contributed by atoms with Crippen LogP contribution in [0, 0.1) is 11.3 Å². The Balaban J connectivity index is 2.32. The van der Waals surface area contributed by atoms with Gasteiger partial charge in [0.25, 0.3) is 11.8 Å². The van der Waals surface area contributed by atoms with Gasteiger partial charge in [0.2, 0.25) is 0 Å². The van der Waals surface area contributed by atoms with Gasteiger partial charge in [0.1, 0.15) is 11.6 Å². The SMILES string of the molecule is CCOc1cc(C=C2C(=O)NC(=S)NC2=O)ccc1OCC#N. The molecule has 2 rings (SSSR count). The first-order chi connectivity index (χ1) is 11.0. The molecule has 0 radical (unpaired) electrons. The van der Waals surface area contributed by atoms with Crippen molar-refractivity contribution in [2.75, 3.05) is 13.2 Å². The highest BCUT2D eigenvalue weighted by atomic mass is 32.1.